The molecular formula is C14H19ClN4O. The highest BCUT2D eigenvalue weighted by atomic mass is 35.5. The maximum Gasteiger partial charge on any atom is 0.291 e. The van der Waals surface area contributed by atoms with Gasteiger partial charge in [-0.2, -0.15) is 5.10 Å². The lowest BCUT2D eigenvalue weighted by Crippen LogP contribution is -2.39. The minimum atomic E-state index is -0.0167. The Hall–Kier alpha value is -1.07. The molecule has 0 aromatic carbocycles. The van der Waals surface area contributed by atoms with Gasteiger partial charge in [0, 0.05) is 32.2 Å². The maximum absolute atomic E-state index is 12.7. The Morgan fingerprint density at radius 1 is 1.35 bits per heavy atom. The second-order valence-electron chi connectivity index (χ2n) is 6.24. The molecule has 0 radical (unpaired) electrons. The fraction of sp³-hybridized carbons (Fsp3) is 0.714. The summed E-state index contributed by atoms with van der Waals surface area (Å²) in [5, 5.41) is 8.11. The Balaban J connectivity index is 1.70. The van der Waals surface area contributed by atoms with Crippen LogP contribution < -0.4 is 15.8 Å². The highest BCUT2D eigenvalue weighted by molar-refractivity contribution is 6.33. The van der Waals surface area contributed by atoms with E-state index < -0.39 is 0 Å². The lowest BCUT2D eigenvalue weighted by molar-refractivity contribution is 0.529. The van der Waals surface area contributed by atoms with Crippen molar-refractivity contribution in [2.75, 3.05) is 24.5 Å². The predicted molar refractivity (Wildman–Crippen MR) is 78.3 cm³/mol. The number of nitrogens with one attached hydrogen (secondary N) is 1. The van der Waals surface area contributed by atoms with Crippen molar-refractivity contribution in [3.8, 4) is 0 Å². The second-order valence-corrected chi connectivity index (χ2v) is 6.65. The molecule has 3 fully saturated rings. The molecule has 5 nitrogen and oxygen atoms in total. The number of anilines is 1. The van der Waals surface area contributed by atoms with Crippen molar-refractivity contribution in [2.45, 2.75) is 31.8 Å². The van der Waals surface area contributed by atoms with Gasteiger partial charge in [-0.25, -0.2) is 4.68 Å². The fourth-order valence-electron chi connectivity index (χ4n) is 3.52. The number of hydrogen-bond donors (Lipinski definition) is 1. The summed E-state index contributed by atoms with van der Waals surface area (Å²) in [7, 11) is 0. The SMILES string of the molecule is O=c1c(N2CC[C@H]3CNC[C@H]32)c(Cl)cnn1CC1CC1. The first-order valence-corrected chi connectivity index (χ1v) is 7.85. The Kier molecular flexibility index (Phi) is 3.00. The van der Waals surface area contributed by atoms with Crippen LogP contribution >= 0.6 is 11.6 Å². The molecule has 0 spiro atoms. The summed E-state index contributed by atoms with van der Waals surface area (Å²) >= 11 is 6.29. The molecule has 0 amide bonds. The van der Waals surface area contributed by atoms with Crippen molar-refractivity contribution in [2.24, 2.45) is 11.8 Å². The number of nitrogens with zero attached hydrogens (tertiary/aromatic N) is 3. The zero-order valence-electron chi connectivity index (χ0n) is 11.4. The summed E-state index contributed by atoms with van der Waals surface area (Å²) in [6.45, 7) is 3.67. The molecule has 108 valence electrons. The third kappa shape index (κ3) is 2.04. The number of aromatic nitrogens is 2. The Bertz CT molecular complexity index is 583. The lowest BCUT2D eigenvalue weighted by atomic mass is 10.1. The molecule has 2 saturated heterocycles. The average molecular weight is 295 g/mol. The number of fused-ring (bicyclic) bond motifs is 1. The van der Waals surface area contributed by atoms with Gasteiger partial charge in [0.25, 0.3) is 5.56 Å². The molecule has 6 heteroatoms. The Morgan fingerprint density at radius 3 is 3.00 bits per heavy atom. The van der Waals surface area contributed by atoms with E-state index in [2.05, 4.69) is 15.3 Å². The van der Waals surface area contributed by atoms with Gasteiger partial charge < -0.3 is 10.2 Å². The van der Waals surface area contributed by atoms with Crippen LogP contribution in [0.3, 0.4) is 0 Å². The van der Waals surface area contributed by atoms with Crippen molar-refractivity contribution in [1.82, 2.24) is 15.1 Å². The van der Waals surface area contributed by atoms with Crippen molar-refractivity contribution in [3.63, 3.8) is 0 Å². The highest BCUT2D eigenvalue weighted by Gasteiger charge is 2.39. The highest BCUT2D eigenvalue weighted by Crippen LogP contribution is 2.34. The van der Waals surface area contributed by atoms with Crippen molar-refractivity contribution in [3.05, 3.63) is 21.6 Å². The summed E-state index contributed by atoms with van der Waals surface area (Å²) in [6.07, 6.45) is 5.20. The van der Waals surface area contributed by atoms with Crippen LogP contribution in [0.4, 0.5) is 5.69 Å². The summed E-state index contributed by atoms with van der Waals surface area (Å²) in [4.78, 5) is 14.9. The van der Waals surface area contributed by atoms with Gasteiger partial charge in [-0.05, 0) is 31.1 Å². The average Bonchev–Trinajstić information content (AvgIpc) is 2.97. The zero-order valence-corrected chi connectivity index (χ0v) is 12.1. The summed E-state index contributed by atoms with van der Waals surface area (Å²) in [5.41, 5.74) is 0.649. The molecule has 2 atom stereocenters. The minimum absolute atomic E-state index is 0.0167. The topological polar surface area (TPSA) is 50.2 Å². The van der Waals surface area contributed by atoms with Crippen LogP contribution in [0.5, 0.6) is 0 Å². The summed E-state index contributed by atoms with van der Waals surface area (Å²) in [5.74, 6) is 1.28. The molecule has 20 heavy (non-hydrogen) atoms. The molecule has 3 heterocycles. The second kappa shape index (κ2) is 4.74. The van der Waals surface area contributed by atoms with Gasteiger partial charge in [-0.15, -0.1) is 0 Å². The predicted octanol–water partition coefficient (Wildman–Crippen LogP) is 1.10. The number of rotatable bonds is 3. The van der Waals surface area contributed by atoms with Crippen LogP contribution in [-0.4, -0.2) is 35.5 Å². The van der Waals surface area contributed by atoms with Gasteiger partial charge in [-0.3, -0.25) is 4.79 Å². The van der Waals surface area contributed by atoms with Gasteiger partial charge in [0.1, 0.15) is 5.69 Å². The van der Waals surface area contributed by atoms with Gasteiger partial charge in [-0.1, -0.05) is 11.6 Å². The van der Waals surface area contributed by atoms with E-state index in [4.69, 9.17) is 11.6 Å². The zero-order chi connectivity index (χ0) is 13.7. The molecule has 1 saturated carbocycles. The van der Waals surface area contributed by atoms with E-state index >= 15 is 0 Å². The van der Waals surface area contributed by atoms with Crippen LogP contribution in [0, 0.1) is 11.8 Å². The van der Waals surface area contributed by atoms with E-state index in [9.17, 15) is 4.79 Å². The molecule has 3 aliphatic rings. The first-order chi connectivity index (χ1) is 9.74. The molecule has 2 aliphatic heterocycles. The van der Waals surface area contributed by atoms with Crippen molar-refractivity contribution >= 4 is 17.3 Å². The summed E-state index contributed by atoms with van der Waals surface area (Å²) < 4.78 is 1.61. The van der Waals surface area contributed by atoms with E-state index in [0.29, 0.717) is 28.6 Å². The molecule has 0 bridgehead atoms. The lowest BCUT2D eigenvalue weighted by Gasteiger charge is -2.26. The van der Waals surface area contributed by atoms with Gasteiger partial charge in [0.05, 0.1) is 11.2 Å². The molecule has 1 aliphatic carbocycles. The molecule has 1 N–H and O–H groups in total. The number of halogens is 1. The van der Waals surface area contributed by atoms with Gasteiger partial charge in [0.2, 0.25) is 0 Å². The Labute approximate surface area is 122 Å². The van der Waals surface area contributed by atoms with E-state index in [0.717, 1.165) is 32.6 Å². The monoisotopic (exact) mass is 294 g/mol. The summed E-state index contributed by atoms with van der Waals surface area (Å²) in [6, 6.07) is 0.414. The Morgan fingerprint density at radius 2 is 2.20 bits per heavy atom. The third-order valence-electron chi connectivity index (χ3n) is 4.83. The largest absolute Gasteiger partial charge is 0.361 e. The van der Waals surface area contributed by atoms with E-state index in [1.165, 1.54) is 12.8 Å². The first kappa shape index (κ1) is 12.7. The quantitative estimate of drug-likeness (QED) is 0.907. The van der Waals surface area contributed by atoms with Crippen LogP contribution in [0.15, 0.2) is 11.0 Å². The van der Waals surface area contributed by atoms with Crippen LogP contribution in [0.2, 0.25) is 5.02 Å². The molecular weight excluding hydrogens is 276 g/mol. The molecule has 4 rings (SSSR count). The van der Waals surface area contributed by atoms with Crippen molar-refractivity contribution < 1.29 is 0 Å². The first-order valence-electron chi connectivity index (χ1n) is 7.47. The maximum atomic E-state index is 12.7. The van der Waals surface area contributed by atoms with E-state index in [-0.39, 0.29) is 5.56 Å². The van der Waals surface area contributed by atoms with E-state index in [1.807, 2.05) is 0 Å². The normalized spacial score (nSPS) is 28.9. The van der Waals surface area contributed by atoms with Crippen LogP contribution in [-0.2, 0) is 6.54 Å². The molecule has 1 aromatic heterocycles. The van der Waals surface area contributed by atoms with Crippen molar-refractivity contribution in [1.29, 1.82) is 0 Å². The van der Waals surface area contributed by atoms with E-state index in [1.54, 1.807) is 10.9 Å². The van der Waals surface area contributed by atoms with Gasteiger partial charge in [0.15, 0.2) is 0 Å². The van der Waals surface area contributed by atoms with Crippen LogP contribution in [0.1, 0.15) is 19.3 Å². The fourth-order valence-corrected chi connectivity index (χ4v) is 3.75. The molecule has 0 unspecified atom stereocenters. The van der Waals surface area contributed by atoms with Gasteiger partial charge >= 0.3 is 0 Å². The third-order valence-corrected chi connectivity index (χ3v) is 5.11. The standard InChI is InChI=1S/C14H19ClN4O/c15-11-6-17-19(8-9-1-2-9)14(20)13(11)18-4-3-10-5-16-7-12(10)18/h6,9-10,12,16H,1-5,7-8H2/t10-,12+/m0/s1. The minimum Gasteiger partial charge on any atom is -0.361 e. The smallest absolute Gasteiger partial charge is 0.291 e. The molecule has 1 aromatic rings. The number of hydrogen-bond acceptors (Lipinski definition) is 4. The van der Waals surface area contributed by atoms with Crippen LogP contribution in [0.25, 0.3) is 0 Å².